The van der Waals surface area contributed by atoms with Crippen molar-refractivity contribution >= 4 is 47.3 Å². The summed E-state index contributed by atoms with van der Waals surface area (Å²) in [6.07, 6.45) is 0.749. The number of fused-ring (bicyclic) bond motifs is 1. The number of nitriles is 1. The molecule has 13 heteroatoms. The number of anilines is 2. The van der Waals surface area contributed by atoms with Crippen molar-refractivity contribution in [1.29, 1.82) is 5.26 Å². The minimum atomic E-state index is -0.374. The Morgan fingerprint density at radius 1 is 1.00 bits per heavy atom. The lowest BCUT2D eigenvalue weighted by Gasteiger charge is -2.40. The van der Waals surface area contributed by atoms with Gasteiger partial charge >= 0.3 is 0 Å². The van der Waals surface area contributed by atoms with Crippen LogP contribution in [0, 0.1) is 18.3 Å². The van der Waals surface area contributed by atoms with E-state index in [1.165, 1.54) is 27.3 Å². The standard InChI is InChI=1S/C39H38ClN7O4.ClH/c1-25-34(39(50)47(30-9-11-32(48)12-10-30)37-20-29(22-41)42-44(37)3)21-36(43(25)2)35-19-28(40)8-13-33(35)38(49)46-23-27-7-5-4-6-26(27)18-31(46)24-45-14-16-51-17-15-45;/h4-13,19-21,31,48H,14-18,23-24H2,1-3H3;1H/t31-;/m0./s1. The molecule has 1 saturated heterocycles. The summed E-state index contributed by atoms with van der Waals surface area (Å²) in [4.78, 5) is 35.2. The summed E-state index contributed by atoms with van der Waals surface area (Å²) in [6.45, 7) is 6.07. The molecule has 7 rings (SSSR count). The molecule has 1 atom stereocenters. The Labute approximate surface area is 313 Å². The smallest absolute Gasteiger partial charge is 0.265 e. The number of ether oxygens (including phenoxy) is 1. The number of aromatic hydroxyl groups is 1. The third kappa shape index (κ3) is 7.03. The second-order valence-electron chi connectivity index (χ2n) is 13.0. The summed E-state index contributed by atoms with van der Waals surface area (Å²) in [5, 5.41) is 24.2. The van der Waals surface area contributed by atoms with Gasteiger partial charge in [0.1, 0.15) is 17.6 Å². The molecule has 2 aliphatic rings. The molecule has 0 aliphatic carbocycles. The van der Waals surface area contributed by atoms with Crippen molar-refractivity contribution in [3.63, 3.8) is 0 Å². The molecule has 0 spiro atoms. The minimum Gasteiger partial charge on any atom is -0.508 e. The second-order valence-corrected chi connectivity index (χ2v) is 13.5. The Bertz CT molecular complexity index is 2170. The lowest BCUT2D eigenvalue weighted by molar-refractivity contribution is 0.0193. The van der Waals surface area contributed by atoms with E-state index in [9.17, 15) is 20.0 Å². The average molecular weight is 741 g/mol. The zero-order chi connectivity index (χ0) is 35.8. The summed E-state index contributed by atoms with van der Waals surface area (Å²) in [6, 6.07) is 25.2. The maximum Gasteiger partial charge on any atom is 0.265 e. The number of aromatic nitrogens is 3. The maximum atomic E-state index is 14.8. The zero-order valence-electron chi connectivity index (χ0n) is 29.1. The lowest BCUT2D eigenvalue weighted by atomic mass is 9.92. The first kappa shape index (κ1) is 36.7. The molecule has 1 fully saturated rings. The summed E-state index contributed by atoms with van der Waals surface area (Å²) in [7, 11) is 3.52. The van der Waals surface area contributed by atoms with Crippen molar-refractivity contribution in [3.8, 4) is 23.1 Å². The number of phenols is 1. The lowest BCUT2D eigenvalue weighted by Crippen LogP contribution is -2.52. The van der Waals surface area contributed by atoms with E-state index in [0.717, 1.165) is 31.6 Å². The van der Waals surface area contributed by atoms with E-state index in [1.54, 1.807) is 49.5 Å². The van der Waals surface area contributed by atoms with Gasteiger partial charge in [-0.2, -0.15) is 10.4 Å². The number of aryl methyl sites for hydroxylation is 1. The Hall–Kier alpha value is -5.12. The minimum absolute atomic E-state index is 0. The number of rotatable bonds is 7. The van der Waals surface area contributed by atoms with E-state index < -0.39 is 0 Å². The maximum absolute atomic E-state index is 14.8. The van der Waals surface area contributed by atoms with E-state index in [4.69, 9.17) is 16.3 Å². The molecule has 268 valence electrons. The summed E-state index contributed by atoms with van der Waals surface area (Å²) < 4.78 is 8.96. The third-order valence-electron chi connectivity index (χ3n) is 9.95. The van der Waals surface area contributed by atoms with Crippen LogP contribution in [-0.2, 0) is 31.8 Å². The molecule has 0 unspecified atom stereocenters. The summed E-state index contributed by atoms with van der Waals surface area (Å²) in [5.74, 6) is -0.0524. The van der Waals surface area contributed by atoms with Crippen molar-refractivity contribution in [2.45, 2.75) is 25.9 Å². The first-order chi connectivity index (χ1) is 24.6. The molecule has 2 aliphatic heterocycles. The Balaban J connectivity index is 0.00000464. The number of nitrogens with zero attached hydrogens (tertiary/aromatic N) is 7. The highest BCUT2D eigenvalue weighted by Gasteiger charge is 2.34. The van der Waals surface area contributed by atoms with Crippen LogP contribution in [0.3, 0.4) is 0 Å². The van der Waals surface area contributed by atoms with Crippen LogP contribution in [0.5, 0.6) is 5.75 Å². The number of halogens is 2. The summed E-state index contributed by atoms with van der Waals surface area (Å²) >= 11 is 6.62. The van der Waals surface area contributed by atoms with Crippen LogP contribution >= 0.6 is 24.0 Å². The van der Waals surface area contributed by atoms with Gasteiger partial charge in [0.2, 0.25) is 0 Å². The molecule has 2 amide bonds. The second kappa shape index (κ2) is 15.2. The van der Waals surface area contributed by atoms with Crippen molar-refractivity contribution < 1.29 is 19.4 Å². The van der Waals surface area contributed by atoms with E-state index in [2.05, 4.69) is 28.2 Å². The van der Waals surface area contributed by atoms with Crippen LogP contribution in [0.15, 0.2) is 78.9 Å². The van der Waals surface area contributed by atoms with Crippen LogP contribution in [0.1, 0.15) is 43.2 Å². The summed E-state index contributed by atoms with van der Waals surface area (Å²) in [5.41, 5.74) is 5.83. The van der Waals surface area contributed by atoms with Gasteiger partial charge in [0.05, 0.1) is 24.5 Å². The van der Waals surface area contributed by atoms with E-state index >= 15 is 0 Å². The number of morpholine rings is 1. The predicted molar refractivity (Wildman–Crippen MR) is 201 cm³/mol. The highest BCUT2D eigenvalue weighted by Crippen LogP contribution is 2.36. The fourth-order valence-corrected chi connectivity index (χ4v) is 7.28. The third-order valence-corrected chi connectivity index (χ3v) is 10.2. The zero-order valence-corrected chi connectivity index (χ0v) is 30.7. The predicted octanol–water partition coefficient (Wildman–Crippen LogP) is 6.26. The molecule has 52 heavy (non-hydrogen) atoms. The largest absolute Gasteiger partial charge is 0.508 e. The quantitative estimate of drug-likeness (QED) is 0.209. The Morgan fingerprint density at radius 2 is 1.71 bits per heavy atom. The van der Waals surface area contributed by atoms with E-state index in [0.29, 0.717) is 64.4 Å². The number of amides is 2. The fourth-order valence-electron chi connectivity index (χ4n) is 7.11. The molecule has 1 N–H and O–H groups in total. The van der Waals surface area contributed by atoms with Crippen LogP contribution in [0.25, 0.3) is 11.3 Å². The van der Waals surface area contributed by atoms with Crippen molar-refractivity contribution in [2.24, 2.45) is 14.1 Å². The number of benzene rings is 3. The Morgan fingerprint density at radius 3 is 2.40 bits per heavy atom. The molecule has 11 nitrogen and oxygen atoms in total. The van der Waals surface area contributed by atoms with Crippen LogP contribution < -0.4 is 4.90 Å². The number of hydrogen-bond acceptors (Lipinski definition) is 7. The van der Waals surface area contributed by atoms with Gasteiger partial charge in [0, 0.05) is 79.9 Å². The van der Waals surface area contributed by atoms with Crippen LogP contribution in [0.4, 0.5) is 11.5 Å². The van der Waals surface area contributed by atoms with Gasteiger partial charge < -0.3 is 19.3 Å². The van der Waals surface area contributed by atoms with Gasteiger partial charge in [0.15, 0.2) is 5.69 Å². The highest BCUT2D eigenvalue weighted by atomic mass is 35.5. The molecule has 3 aromatic carbocycles. The normalized spacial score (nSPS) is 15.8. The molecule has 0 bridgehead atoms. The first-order valence-electron chi connectivity index (χ1n) is 16.8. The fraction of sp³-hybridized carbons (Fsp3) is 0.282. The number of carbonyl (C=O) groups is 2. The van der Waals surface area contributed by atoms with E-state index in [-0.39, 0.29) is 41.7 Å². The van der Waals surface area contributed by atoms with Crippen LogP contribution in [0.2, 0.25) is 5.02 Å². The van der Waals surface area contributed by atoms with Gasteiger partial charge in [0.25, 0.3) is 11.8 Å². The monoisotopic (exact) mass is 739 g/mol. The Kier molecular flexibility index (Phi) is 10.7. The molecule has 0 saturated carbocycles. The van der Waals surface area contributed by atoms with Crippen molar-refractivity contribution in [1.82, 2.24) is 24.1 Å². The number of phenolic OH excluding ortho intramolecular Hbond substituents is 1. The molecule has 5 aromatic rings. The van der Waals surface area contributed by atoms with Gasteiger partial charge in [-0.25, -0.2) is 0 Å². The van der Waals surface area contributed by atoms with Gasteiger partial charge in [-0.1, -0.05) is 35.9 Å². The van der Waals surface area contributed by atoms with Crippen molar-refractivity contribution in [2.75, 3.05) is 37.7 Å². The van der Waals surface area contributed by atoms with Crippen molar-refractivity contribution in [3.05, 3.63) is 118 Å². The SMILES string of the molecule is Cc1c(C(=O)N(c2ccc(O)cc2)c2cc(C#N)nn2C)cc(-c2cc(Cl)ccc2C(=O)N2Cc3ccccc3C[C@H]2CN2CCOCC2)n1C.Cl. The molecule has 0 radical (unpaired) electrons. The molecular weight excluding hydrogens is 701 g/mol. The van der Waals surface area contributed by atoms with E-state index in [1.807, 2.05) is 35.6 Å². The average Bonchev–Trinajstić information content (AvgIpc) is 3.66. The highest BCUT2D eigenvalue weighted by molar-refractivity contribution is 6.31. The topological polar surface area (TPSA) is 120 Å². The first-order valence-corrected chi connectivity index (χ1v) is 17.2. The molecule has 2 aromatic heterocycles. The number of carbonyl (C=O) groups excluding carboxylic acids is 2. The van der Waals surface area contributed by atoms with Gasteiger partial charge in [-0.05, 0) is 73.0 Å². The van der Waals surface area contributed by atoms with Gasteiger partial charge in [-0.15, -0.1) is 12.4 Å². The van der Waals surface area contributed by atoms with Gasteiger partial charge in [-0.3, -0.25) is 24.1 Å². The van der Waals surface area contributed by atoms with Crippen LogP contribution in [-0.4, -0.2) is 80.0 Å². The molecule has 4 heterocycles. The number of hydrogen-bond donors (Lipinski definition) is 1. The molecular formula is C39H39Cl2N7O4.